The lowest BCUT2D eigenvalue weighted by atomic mass is 10.2. The van der Waals surface area contributed by atoms with Crippen LogP contribution in [0.3, 0.4) is 0 Å². The van der Waals surface area contributed by atoms with Crippen LogP contribution in [0.5, 0.6) is 0 Å². The van der Waals surface area contributed by atoms with Crippen LogP contribution in [0.2, 0.25) is 15.5 Å². The molecule has 0 radical (unpaired) electrons. The summed E-state index contributed by atoms with van der Waals surface area (Å²) in [5.74, 6) is 0.344. The molecule has 7 heteroatoms. The molecule has 0 saturated heterocycles. The highest BCUT2D eigenvalue weighted by Gasteiger charge is 2.08. The molecular formula is C10H7Cl3N4. The zero-order chi connectivity index (χ0) is 12.4. The van der Waals surface area contributed by atoms with Gasteiger partial charge in [-0.25, -0.2) is 0 Å². The molecule has 0 amide bonds. The second-order valence-corrected chi connectivity index (χ2v) is 4.36. The van der Waals surface area contributed by atoms with Crippen molar-refractivity contribution >= 4 is 46.3 Å². The lowest BCUT2D eigenvalue weighted by Gasteiger charge is -2.10. The average Bonchev–Trinajstić information content (AvgIpc) is 2.30. The molecule has 88 valence electrons. The van der Waals surface area contributed by atoms with Gasteiger partial charge in [0.2, 0.25) is 5.28 Å². The second kappa shape index (κ2) is 5.04. The third-order valence-corrected chi connectivity index (χ3v) is 2.96. The van der Waals surface area contributed by atoms with E-state index in [1.54, 1.807) is 6.07 Å². The van der Waals surface area contributed by atoms with Gasteiger partial charge in [0.15, 0.2) is 11.0 Å². The number of halogens is 3. The highest BCUT2D eigenvalue weighted by molar-refractivity contribution is 6.33. The molecule has 1 aromatic heterocycles. The van der Waals surface area contributed by atoms with Gasteiger partial charge in [0, 0.05) is 10.7 Å². The Hall–Kier alpha value is -1.10. The minimum absolute atomic E-state index is 0.0246. The predicted octanol–water partition coefficient (Wildman–Crippen LogP) is 3.88. The first-order valence-electron chi connectivity index (χ1n) is 4.66. The zero-order valence-corrected chi connectivity index (χ0v) is 11.0. The largest absolute Gasteiger partial charge is 0.337 e. The van der Waals surface area contributed by atoms with Gasteiger partial charge in [-0.05, 0) is 36.2 Å². The van der Waals surface area contributed by atoms with E-state index in [0.29, 0.717) is 10.8 Å². The van der Waals surface area contributed by atoms with Crippen LogP contribution in [-0.2, 0) is 0 Å². The van der Waals surface area contributed by atoms with E-state index in [1.807, 2.05) is 19.1 Å². The highest BCUT2D eigenvalue weighted by Crippen LogP contribution is 2.27. The van der Waals surface area contributed by atoms with Gasteiger partial charge in [-0.2, -0.15) is 4.98 Å². The first-order valence-corrected chi connectivity index (χ1v) is 5.79. The molecule has 0 aliphatic rings. The molecule has 2 aromatic rings. The van der Waals surface area contributed by atoms with E-state index < -0.39 is 0 Å². The zero-order valence-electron chi connectivity index (χ0n) is 8.71. The molecule has 0 bridgehead atoms. The van der Waals surface area contributed by atoms with Crippen molar-refractivity contribution in [3.63, 3.8) is 0 Å². The van der Waals surface area contributed by atoms with E-state index in [4.69, 9.17) is 34.8 Å². The van der Waals surface area contributed by atoms with Crippen LogP contribution in [0.15, 0.2) is 18.2 Å². The summed E-state index contributed by atoms with van der Waals surface area (Å²) < 4.78 is 0. The molecule has 17 heavy (non-hydrogen) atoms. The monoisotopic (exact) mass is 288 g/mol. The van der Waals surface area contributed by atoms with Gasteiger partial charge in [-0.3, -0.25) is 0 Å². The smallest absolute Gasteiger partial charge is 0.245 e. The molecule has 1 heterocycles. The van der Waals surface area contributed by atoms with Crippen LogP contribution in [0, 0.1) is 6.92 Å². The van der Waals surface area contributed by atoms with Crippen molar-refractivity contribution < 1.29 is 0 Å². The van der Waals surface area contributed by atoms with Crippen LogP contribution in [0.4, 0.5) is 11.5 Å². The summed E-state index contributed by atoms with van der Waals surface area (Å²) in [6, 6.07) is 5.48. The number of hydrogen-bond donors (Lipinski definition) is 1. The maximum Gasteiger partial charge on any atom is 0.245 e. The van der Waals surface area contributed by atoms with Crippen LogP contribution < -0.4 is 5.32 Å². The number of aromatic nitrogens is 3. The lowest BCUT2D eigenvalue weighted by Crippen LogP contribution is -2.00. The van der Waals surface area contributed by atoms with E-state index in [0.717, 1.165) is 11.3 Å². The fraction of sp³-hybridized carbons (Fsp3) is 0.100. The number of anilines is 2. The van der Waals surface area contributed by atoms with Gasteiger partial charge >= 0.3 is 0 Å². The maximum atomic E-state index is 6.00. The van der Waals surface area contributed by atoms with Crippen molar-refractivity contribution in [3.8, 4) is 0 Å². The summed E-state index contributed by atoms with van der Waals surface area (Å²) in [6.45, 7) is 1.88. The molecule has 0 fully saturated rings. The standard InChI is InChI=1S/C10H7Cl3N4/c1-5-6(11)3-2-4-7(5)14-9-8(12)16-17-10(13)15-9/h2-4H,1H3,(H,14,15,17). The van der Waals surface area contributed by atoms with Crippen molar-refractivity contribution in [2.75, 3.05) is 5.32 Å². The quantitative estimate of drug-likeness (QED) is 0.911. The minimum Gasteiger partial charge on any atom is -0.337 e. The first kappa shape index (κ1) is 12.4. The molecule has 4 nitrogen and oxygen atoms in total. The Kier molecular flexibility index (Phi) is 3.66. The lowest BCUT2D eigenvalue weighted by molar-refractivity contribution is 0.974. The van der Waals surface area contributed by atoms with E-state index in [-0.39, 0.29) is 10.4 Å². The molecule has 0 aliphatic heterocycles. The van der Waals surface area contributed by atoms with Crippen molar-refractivity contribution in [1.82, 2.24) is 15.2 Å². The Morgan fingerprint density at radius 2 is 1.88 bits per heavy atom. The van der Waals surface area contributed by atoms with Crippen LogP contribution >= 0.6 is 34.8 Å². The molecule has 0 saturated carbocycles. The SMILES string of the molecule is Cc1c(Cl)cccc1Nc1nc(Cl)nnc1Cl. The Labute approximate surface area is 113 Å². The summed E-state index contributed by atoms with van der Waals surface area (Å²) in [5, 5.41) is 11.0. The maximum absolute atomic E-state index is 6.00. The van der Waals surface area contributed by atoms with Gasteiger partial charge < -0.3 is 5.32 Å². The highest BCUT2D eigenvalue weighted by atomic mass is 35.5. The number of benzene rings is 1. The van der Waals surface area contributed by atoms with Gasteiger partial charge in [-0.15, -0.1) is 10.2 Å². The van der Waals surface area contributed by atoms with Crippen molar-refractivity contribution in [1.29, 1.82) is 0 Å². The molecule has 0 atom stereocenters. The first-order chi connectivity index (χ1) is 8.08. The van der Waals surface area contributed by atoms with E-state index >= 15 is 0 Å². The normalized spacial score (nSPS) is 10.4. The van der Waals surface area contributed by atoms with E-state index in [1.165, 1.54) is 0 Å². The summed E-state index contributed by atoms with van der Waals surface area (Å²) in [6.07, 6.45) is 0. The van der Waals surface area contributed by atoms with Gasteiger partial charge in [0.1, 0.15) is 0 Å². The summed E-state index contributed by atoms with van der Waals surface area (Å²) in [4.78, 5) is 3.94. The van der Waals surface area contributed by atoms with Crippen molar-refractivity contribution in [2.24, 2.45) is 0 Å². The van der Waals surface area contributed by atoms with E-state index in [2.05, 4.69) is 20.5 Å². The number of rotatable bonds is 2. The van der Waals surface area contributed by atoms with Crippen LogP contribution in [0.1, 0.15) is 5.56 Å². The molecule has 0 aliphatic carbocycles. The second-order valence-electron chi connectivity index (χ2n) is 3.26. The molecule has 0 unspecified atom stereocenters. The Morgan fingerprint density at radius 3 is 2.65 bits per heavy atom. The number of hydrogen-bond acceptors (Lipinski definition) is 4. The third kappa shape index (κ3) is 2.77. The summed E-state index contributed by atoms with van der Waals surface area (Å²) in [7, 11) is 0. The molecular weight excluding hydrogens is 282 g/mol. The Morgan fingerprint density at radius 1 is 1.12 bits per heavy atom. The summed E-state index contributed by atoms with van der Waals surface area (Å²) >= 11 is 17.5. The number of nitrogens with zero attached hydrogens (tertiary/aromatic N) is 3. The van der Waals surface area contributed by atoms with Crippen LogP contribution in [0.25, 0.3) is 0 Å². The van der Waals surface area contributed by atoms with Crippen LogP contribution in [-0.4, -0.2) is 15.2 Å². The Balaban J connectivity index is 2.38. The average molecular weight is 290 g/mol. The molecule has 1 N–H and O–H groups in total. The fourth-order valence-corrected chi connectivity index (χ4v) is 1.67. The molecule has 1 aromatic carbocycles. The molecule has 0 spiro atoms. The Bertz CT molecular complexity index is 559. The van der Waals surface area contributed by atoms with Crippen molar-refractivity contribution in [3.05, 3.63) is 39.2 Å². The minimum atomic E-state index is 0.0246. The van der Waals surface area contributed by atoms with Crippen molar-refractivity contribution in [2.45, 2.75) is 6.92 Å². The topological polar surface area (TPSA) is 50.7 Å². The predicted molar refractivity (Wildman–Crippen MR) is 69.3 cm³/mol. The van der Waals surface area contributed by atoms with Gasteiger partial charge in [0.05, 0.1) is 0 Å². The van der Waals surface area contributed by atoms with Gasteiger partial charge in [-0.1, -0.05) is 29.3 Å². The number of nitrogens with one attached hydrogen (secondary N) is 1. The van der Waals surface area contributed by atoms with Gasteiger partial charge in [0.25, 0.3) is 0 Å². The third-order valence-electron chi connectivity index (χ3n) is 2.14. The molecule has 2 rings (SSSR count). The van der Waals surface area contributed by atoms with E-state index in [9.17, 15) is 0 Å². The fourth-order valence-electron chi connectivity index (χ4n) is 1.24. The summed E-state index contributed by atoms with van der Waals surface area (Å²) in [5.41, 5.74) is 1.68.